The molecule has 2 atom stereocenters. The first kappa shape index (κ1) is 40.3. The molecule has 17 nitrogen and oxygen atoms in total. The molecule has 0 aromatic heterocycles. The van der Waals surface area contributed by atoms with Crippen molar-refractivity contribution in [2.45, 2.75) is 111 Å². The van der Waals surface area contributed by atoms with Crippen LogP contribution in [-0.4, -0.2) is 109 Å². The summed E-state index contributed by atoms with van der Waals surface area (Å²) in [6.07, 6.45) is 0.803. The van der Waals surface area contributed by atoms with E-state index in [1.807, 2.05) is 0 Å². The predicted octanol–water partition coefficient (Wildman–Crippen LogP) is 1.02. The molecular formula is C35H52N8O9. The van der Waals surface area contributed by atoms with Crippen LogP contribution < -0.4 is 16.3 Å². The van der Waals surface area contributed by atoms with Gasteiger partial charge >= 0.3 is 0 Å². The molecule has 6 amide bonds. The second kappa shape index (κ2) is 16.9. The van der Waals surface area contributed by atoms with Gasteiger partial charge in [0, 0.05) is 29.9 Å². The molecule has 1 aromatic carbocycles. The lowest BCUT2D eigenvalue weighted by Crippen LogP contribution is -2.74. The maximum Gasteiger partial charge on any atom is 0.288 e. The Morgan fingerprint density at radius 2 is 1.38 bits per heavy atom. The van der Waals surface area contributed by atoms with Crippen molar-refractivity contribution in [3.63, 3.8) is 0 Å². The van der Waals surface area contributed by atoms with Crippen molar-refractivity contribution in [3.05, 3.63) is 35.9 Å². The van der Waals surface area contributed by atoms with Crippen molar-refractivity contribution < 1.29 is 43.4 Å². The van der Waals surface area contributed by atoms with Crippen LogP contribution >= 0.6 is 0 Å². The third-order valence-corrected chi connectivity index (χ3v) is 8.54. The van der Waals surface area contributed by atoms with Gasteiger partial charge in [0.1, 0.15) is 6.10 Å². The number of Topliss-reactive ketones (excluding diaryl/α,β-unsaturated/α-hetero) is 1. The second-order valence-corrected chi connectivity index (χ2v) is 15.1. The number of carbonyl (C=O) groups is 7. The fourth-order valence-electron chi connectivity index (χ4n) is 5.19. The van der Waals surface area contributed by atoms with Crippen molar-refractivity contribution in [2.24, 2.45) is 17.3 Å². The summed E-state index contributed by atoms with van der Waals surface area (Å²) in [6.45, 7) is 11.0. The fourth-order valence-corrected chi connectivity index (χ4v) is 5.19. The molecule has 1 aliphatic heterocycles. The third kappa shape index (κ3) is 10.3. The van der Waals surface area contributed by atoms with E-state index < -0.39 is 70.9 Å². The van der Waals surface area contributed by atoms with Crippen molar-refractivity contribution in [3.8, 4) is 0 Å². The van der Waals surface area contributed by atoms with E-state index in [9.17, 15) is 38.7 Å². The normalized spacial score (nSPS) is 17.1. The molecular weight excluding hydrogens is 676 g/mol. The number of hydrogen-bond acceptors (Lipinski definition) is 11. The Labute approximate surface area is 303 Å². The molecule has 2 aliphatic carbocycles. The second-order valence-electron chi connectivity index (χ2n) is 15.1. The third-order valence-electron chi connectivity index (χ3n) is 8.54. The lowest BCUT2D eigenvalue weighted by atomic mass is 9.96. The van der Waals surface area contributed by atoms with Gasteiger partial charge in [0.15, 0.2) is 11.8 Å². The molecule has 4 N–H and O–H groups in total. The molecule has 1 saturated heterocycles. The molecule has 2 saturated carbocycles. The van der Waals surface area contributed by atoms with Gasteiger partial charge in [-0.25, -0.2) is 16.3 Å². The quantitative estimate of drug-likeness (QED) is 0.167. The number of nitrogens with zero attached hydrogens (tertiary/aromatic N) is 5. The lowest BCUT2D eigenvalue weighted by Gasteiger charge is -2.50. The lowest BCUT2D eigenvalue weighted by molar-refractivity contribution is -0.255. The minimum absolute atomic E-state index is 0.0111. The average Bonchev–Trinajstić information content (AvgIpc) is 3.97. The van der Waals surface area contributed by atoms with Crippen LogP contribution in [0.2, 0.25) is 0 Å². The first-order valence-corrected chi connectivity index (χ1v) is 17.7. The number of aliphatic hydroxyl groups excluding tert-OH is 1. The largest absolute Gasteiger partial charge is 0.383 e. The highest BCUT2D eigenvalue weighted by Gasteiger charge is 2.51. The number of hydrogen-bond donors (Lipinski definition) is 4. The van der Waals surface area contributed by atoms with Gasteiger partial charge in [0.05, 0.1) is 19.3 Å². The van der Waals surface area contributed by atoms with Crippen LogP contribution in [0.25, 0.3) is 0 Å². The first-order chi connectivity index (χ1) is 24.4. The van der Waals surface area contributed by atoms with Gasteiger partial charge in [-0.1, -0.05) is 52.8 Å². The summed E-state index contributed by atoms with van der Waals surface area (Å²) in [6, 6.07) is 5.42. The molecule has 0 spiro atoms. The molecule has 0 bridgehead atoms. The number of benzene rings is 1. The van der Waals surface area contributed by atoms with Crippen molar-refractivity contribution in [2.75, 3.05) is 13.2 Å². The maximum atomic E-state index is 14.5. The number of ether oxygens (including phenoxy) is 1. The van der Waals surface area contributed by atoms with Crippen LogP contribution in [0.3, 0.4) is 0 Å². The monoisotopic (exact) mass is 728 g/mol. The molecule has 1 aromatic rings. The highest BCUT2D eigenvalue weighted by Crippen LogP contribution is 2.35. The van der Waals surface area contributed by atoms with Crippen molar-refractivity contribution >= 4 is 41.2 Å². The molecule has 4 rings (SSSR count). The summed E-state index contributed by atoms with van der Waals surface area (Å²) < 4.78 is 5.49. The van der Waals surface area contributed by atoms with Crippen LogP contribution in [0.5, 0.6) is 0 Å². The molecule has 3 fully saturated rings. The smallest absolute Gasteiger partial charge is 0.288 e. The predicted molar refractivity (Wildman–Crippen MR) is 184 cm³/mol. The molecule has 17 heteroatoms. The number of amides is 6. The van der Waals surface area contributed by atoms with Crippen molar-refractivity contribution in [1.29, 1.82) is 0 Å². The molecule has 3 aliphatic rings. The topological polar surface area (TPSA) is 201 Å². The van der Waals surface area contributed by atoms with Crippen LogP contribution in [-0.2, 0) is 33.5 Å². The Kier molecular flexibility index (Phi) is 13.1. The van der Waals surface area contributed by atoms with E-state index in [0.717, 1.165) is 18.0 Å². The number of aliphatic hydroxyl groups is 1. The van der Waals surface area contributed by atoms with Crippen LogP contribution in [0.4, 0.5) is 0 Å². The van der Waals surface area contributed by atoms with Gasteiger partial charge in [-0.2, -0.15) is 10.1 Å². The molecule has 0 radical (unpaired) electrons. The standard InChI is InChI=1S/C35H52N8O9/c1-21(2)17-28(46)40(36-31(48)23(4)45)41(29(47)18-24-13-14-24)37-32(49)30(22(3)44)39(27-19-52-20-27)43(26-15-16-26)42(38-34(51)35(5,6)7)33(50)25-11-9-8-10-12-25/h8-12,21,23-24,26-27,30,45H,13-20H2,1-7H3,(H,36,48)(H,37,49)(H,38,51). The highest BCUT2D eigenvalue weighted by molar-refractivity contribution is 6.05. The Balaban J connectivity index is 1.79. The zero-order valence-electron chi connectivity index (χ0n) is 31.0. The minimum atomic E-state index is -1.72. The molecule has 1 heterocycles. The maximum absolute atomic E-state index is 14.5. The Hall–Kier alpha value is -4.45. The number of ketones is 1. The van der Waals surface area contributed by atoms with Gasteiger partial charge in [-0.05, 0) is 63.5 Å². The SMILES string of the molecule is CC(=O)C(C(=O)NN(C(=O)CC1CC1)N(NC(=O)C(C)O)C(=O)CC(C)C)N(C1COC1)N(C1CC1)N(NC(=O)C(C)(C)C)C(=O)c1ccccc1. The average molecular weight is 729 g/mol. The van der Waals surface area contributed by atoms with Gasteiger partial charge in [0.25, 0.3) is 29.5 Å². The summed E-state index contributed by atoms with van der Waals surface area (Å²) in [5, 5.41) is 15.0. The number of rotatable bonds is 13. The zero-order chi connectivity index (χ0) is 38.5. The zero-order valence-corrected chi connectivity index (χ0v) is 31.0. The van der Waals surface area contributed by atoms with Crippen LogP contribution in [0.1, 0.15) is 97.3 Å². The van der Waals surface area contributed by atoms with Gasteiger partial charge < -0.3 is 9.84 Å². The molecule has 52 heavy (non-hydrogen) atoms. The number of nitrogens with one attached hydrogen (secondary N) is 3. The van der Waals surface area contributed by atoms with Crippen molar-refractivity contribution in [1.82, 2.24) is 41.8 Å². The van der Waals surface area contributed by atoms with E-state index in [-0.39, 0.29) is 43.5 Å². The summed E-state index contributed by atoms with van der Waals surface area (Å²) in [5.41, 5.74) is 6.66. The highest BCUT2D eigenvalue weighted by atomic mass is 16.5. The van der Waals surface area contributed by atoms with E-state index in [1.54, 1.807) is 65.0 Å². The minimum Gasteiger partial charge on any atom is -0.383 e. The number of carbonyl (C=O) groups excluding carboxylic acids is 7. The summed E-state index contributed by atoms with van der Waals surface area (Å²) in [5.74, 6) is -5.65. The van der Waals surface area contributed by atoms with E-state index in [4.69, 9.17) is 4.74 Å². The number of hydrazine groups is 6. The van der Waals surface area contributed by atoms with Gasteiger partial charge in [-0.3, -0.25) is 33.6 Å². The van der Waals surface area contributed by atoms with Gasteiger partial charge in [-0.15, -0.1) is 15.4 Å². The Morgan fingerprint density at radius 1 is 0.808 bits per heavy atom. The summed E-state index contributed by atoms with van der Waals surface area (Å²) >= 11 is 0. The van der Waals surface area contributed by atoms with E-state index in [2.05, 4.69) is 16.3 Å². The Morgan fingerprint density at radius 3 is 1.85 bits per heavy atom. The van der Waals surface area contributed by atoms with Gasteiger partial charge in [0.2, 0.25) is 5.91 Å². The van der Waals surface area contributed by atoms with E-state index >= 15 is 0 Å². The summed E-state index contributed by atoms with van der Waals surface area (Å²) in [7, 11) is 0. The van der Waals surface area contributed by atoms with E-state index in [0.29, 0.717) is 23.1 Å². The van der Waals surface area contributed by atoms with E-state index in [1.165, 1.54) is 24.0 Å². The van der Waals surface area contributed by atoms with Crippen LogP contribution in [0.15, 0.2) is 30.3 Å². The van der Waals surface area contributed by atoms with Crippen LogP contribution in [0, 0.1) is 17.3 Å². The summed E-state index contributed by atoms with van der Waals surface area (Å²) in [4.78, 5) is 95.9. The molecule has 286 valence electrons. The molecule has 2 unspecified atom stereocenters. The Bertz CT molecular complexity index is 1500. The first-order valence-electron chi connectivity index (χ1n) is 17.7. The fraction of sp³-hybridized carbons (Fsp3) is 0.629.